The van der Waals surface area contributed by atoms with Crippen molar-refractivity contribution in [2.24, 2.45) is 5.73 Å². The molecule has 0 spiro atoms. The van der Waals surface area contributed by atoms with E-state index in [1.807, 2.05) is 19.1 Å². The summed E-state index contributed by atoms with van der Waals surface area (Å²) in [5.74, 6) is 1.39. The van der Waals surface area contributed by atoms with E-state index < -0.39 is 0 Å². The fourth-order valence-electron chi connectivity index (χ4n) is 1.40. The zero-order chi connectivity index (χ0) is 12.3. The molecule has 3 N–H and O–H groups in total. The number of hydrogen-bond acceptors (Lipinski definition) is 5. The monoisotopic (exact) mass is 248 g/mol. The summed E-state index contributed by atoms with van der Waals surface area (Å²) in [7, 11) is 0. The lowest BCUT2D eigenvalue weighted by molar-refractivity contribution is 0.479. The van der Waals surface area contributed by atoms with E-state index in [0.29, 0.717) is 18.1 Å². The number of anilines is 1. The van der Waals surface area contributed by atoms with E-state index in [0.717, 1.165) is 11.4 Å². The van der Waals surface area contributed by atoms with Crippen molar-refractivity contribution in [3.63, 3.8) is 0 Å². The van der Waals surface area contributed by atoms with Gasteiger partial charge in [-0.25, -0.2) is 4.98 Å². The third kappa shape index (κ3) is 2.79. The van der Waals surface area contributed by atoms with Gasteiger partial charge >= 0.3 is 0 Å². The molecule has 0 aliphatic heterocycles. The molecule has 0 radical (unpaired) electrons. The number of nitrogens with zero attached hydrogens (tertiary/aromatic N) is 2. The average Bonchev–Trinajstić information content (AvgIpc) is 2.73. The van der Waals surface area contributed by atoms with E-state index in [2.05, 4.69) is 15.3 Å². The van der Waals surface area contributed by atoms with Gasteiger partial charge in [0.2, 0.25) is 5.89 Å². The van der Waals surface area contributed by atoms with E-state index in [4.69, 9.17) is 22.4 Å². The highest BCUT2D eigenvalue weighted by Gasteiger charge is 2.07. The molecular weight excluding hydrogens is 236 g/mol. The molecule has 2 heterocycles. The molecule has 5 nitrogen and oxygen atoms in total. The van der Waals surface area contributed by atoms with Gasteiger partial charge in [0.05, 0.1) is 18.4 Å². The van der Waals surface area contributed by atoms with Gasteiger partial charge in [0.1, 0.15) is 16.4 Å². The molecule has 0 aliphatic rings. The average molecular weight is 248 g/mol. The molecule has 0 aliphatic carbocycles. The van der Waals surface area contributed by atoms with Crippen LogP contribution in [0.3, 0.4) is 0 Å². The normalized spacial score (nSPS) is 10.2. The minimum atomic E-state index is 0.261. The van der Waals surface area contributed by atoms with Gasteiger partial charge in [0.15, 0.2) is 0 Å². The minimum Gasteiger partial charge on any atom is -0.444 e. The SMILES string of the molecule is Cc1cnc(CNc2cccnc2C(N)=S)o1. The maximum Gasteiger partial charge on any atom is 0.213 e. The van der Waals surface area contributed by atoms with Crippen molar-refractivity contribution in [1.82, 2.24) is 9.97 Å². The first-order chi connectivity index (χ1) is 8.16. The van der Waals surface area contributed by atoms with E-state index in [9.17, 15) is 0 Å². The second kappa shape index (κ2) is 4.92. The molecule has 2 rings (SSSR count). The molecule has 0 aromatic carbocycles. The van der Waals surface area contributed by atoms with Gasteiger partial charge in [-0.05, 0) is 19.1 Å². The number of pyridine rings is 1. The molecule has 0 saturated carbocycles. The summed E-state index contributed by atoms with van der Waals surface area (Å²) >= 11 is 4.92. The number of oxazole rings is 1. The fraction of sp³-hybridized carbons (Fsp3) is 0.182. The number of nitrogens with one attached hydrogen (secondary N) is 1. The minimum absolute atomic E-state index is 0.261. The van der Waals surface area contributed by atoms with Gasteiger partial charge < -0.3 is 15.5 Å². The molecule has 17 heavy (non-hydrogen) atoms. The molecule has 0 atom stereocenters. The Bertz CT molecular complexity index is 538. The largest absolute Gasteiger partial charge is 0.444 e. The highest BCUT2D eigenvalue weighted by molar-refractivity contribution is 7.80. The van der Waals surface area contributed by atoms with Gasteiger partial charge in [-0.1, -0.05) is 12.2 Å². The highest BCUT2D eigenvalue weighted by atomic mass is 32.1. The number of hydrogen-bond donors (Lipinski definition) is 2. The Morgan fingerprint density at radius 3 is 3.00 bits per heavy atom. The zero-order valence-corrected chi connectivity index (χ0v) is 10.1. The lowest BCUT2D eigenvalue weighted by Crippen LogP contribution is -2.15. The van der Waals surface area contributed by atoms with E-state index in [-0.39, 0.29) is 4.99 Å². The van der Waals surface area contributed by atoms with E-state index >= 15 is 0 Å². The van der Waals surface area contributed by atoms with Crippen LogP contribution in [0, 0.1) is 6.92 Å². The lowest BCUT2D eigenvalue weighted by atomic mass is 10.3. The molecule has 0 amide bonds. The molecular formula is C11H12N4OS. The van der Waals surface area contributed by atoms with Crippen LogP contribution < -0.4 is 11.1 Å². The van der Waals surface area contributed by atoms with Crippen LogP contribution in [0.4, 0.5) is 5.69 Å². The van der Waals surface area contributed by atoms with Crippen molar-refractivity contribution in [3.8, 4) is 0 Å². The number of nitrogens with two attached hydrogens (primary N) is 1. The van der Waals surface area contributed by atoms with Crippen LogP contribution in [0.5, 0.6) is 0 Å². The molecule has 0 fully saturated rings. The standard InChI is InChI=1S/C11H12N4OS/c1-7-5-15-9(16-7)6-14-8-3-2-4-13-10(8)11(12)17/h2-5,14H,6H2,1H3,(H2,12,17). The maximum atomic E-state index is 5.58. The van der Waals surface area contributed by atoms with E-state index in [1.54, 1.807) is 12.4 Å². The van der Waals surface area contributed by atoms with Crippen LogP contribution in [0.2, 0.25) is 0 Å². The predicted octanol–water partition coefficient (Wildman–Crippen LogP) is 1.62. The van der Waals surface area contributed by atoms with Crippen molar-refractivity contribution >= 4 is 22.9 Å². The first-order valence-electron chi connectivity index (χ1n) is 5.07. The van der Waals surface area contributed by atoms with Crippen molar-refractivity contribution in [1.29, 1.82) is 0 Å². The Hall–Kier alpha value is -1.95. The molecule has 88 valence electrons. The van der Waals surface area contributed by atoms with Crippen LogP contribution in [-0.2, 0) is 6.54 Å². The lowest BCUT2D eigenvalue weighted by Gasteiger charge is -2.07. The van der Waals surface area contributed by atoms with Gasteiger partial charge in [0.25, 0.3) is 0 Å². The topological polar surface area (TPSA) is 77.0 Å². The van der Waals surface area contributed by atoms with Crippen molar-refractivity contribution in [2.45, 2.75) is 13.5 Å². The maximum absolute atomic E-state index is 5.58. The predicted molar refractivity (Wildman–Crippen MR) is 68.7 cm³/mol. The van der Waals surface area contributed by atoms with Crippen LogP contribution >= 0.6 is 12.2 Å². The Kier molecular flexibility index (Phi) is 3.34. The first-order valence-corrected chi connectivity index (χ1v) is 5.47. The van der Waals surface area contributed by atoms with Crippen LogP contribution in [0.25, 0.3) is 0 Å². The summed E-state index contributed by atoms with van der Waals surface area (Å²) in [4.78, 5) is 8.47. The Morgan fingerprint density at radius 1 is 1.53 bits per heavy atom. The van der Waals surface area contributed by atoms with Crippen molar-refractivity contribution < 1.29 is 4.42 Å². The third-order valence-corrected chi connectivity index (χ3v) is 2.33. The Labute approximate surface area is 104 Å². The van der Waals surface area contributed by atoms with E-state index in [1.165, 1.54) is 0 Å². The zero-order valence-electron chi connectivity index (χ0n) is 9.30. The van der Waals surface area contributed by atoms with Crippen LogP contribution in [0.1, 0.15) is 17.3 Å². The Balaban J connectivity index is 2.11. The van der Waals surface area contributed by atoms with Crippen LogP contribution in [0.15, 0.2) is 28.9 Å². The fourth-order valence-corrected chi connectivity index (χ4v) is 1.56. The van der Waals surface area contributed by atoms with Gasteiger partial charge in [-0.15, -0.1) is 0 Å². The number of aromatic nitrogens is 2. The second-order valence-corrected chi connectivity index (χ2v) is 3.92. The summed E-state index contributed by atoms with van der Waals surface area (Å²) in [6, 6.07) is 3.67. The number of aryl methyl sites for hydroxylation is 1. The Morgan fingerprint density at radius 2 is 2.35 bits per heavy atom. The molecule has 2 aromatic rings. The molecule has 0 bridgehead atoms. The van der Waals surface area contributed by atoms with Gasteiger partial charge in [0, 0.05) is 6.20 Å². The molecule has 0 unspecified atom stereocenters. The van der Waals surface area contributed by atoms with Gasteiger partial charge in [-0.3, -0.25) is 4.98 Å². The summed E-state index contributed by atoms with van der Waals surface area (Å²) < 4.78 is 5.35. The third-order valence-electron chi connectivity index (χ3n) is 2.14. The summed E-state index contributed by atoms with van der Waals surface area (Å²) in [6.45, 7) is 2.32. The smallest absolute Gasteiger partial charge is 0.213 e. The number of thiocarbonyl (C=S) groups is 1. The molecule has 2 aromatic heterocycles. The van der Waals surface area contributed by atoms with Crippen molar-refractivity contribution in [2.75, 3.05) is 5.32 Å². The molecule has 6 heteroatoms. The molecule has 0 saturated heterocycles. The highest BCUT2D eigenvalue weighted by Crippen LogP contribution is 2.13. The van der Waals surface area contributed by atoms with Crippen molar-refractivity contribution in [3.05, 3.63) is 41.9 Å². The quantitative estimate of drug-likeness (QED) is 0.801. The number of rotatable bonds is 4. The second-order valence-electron chi connectivity index (χ2n) is 3.48. The summed E-state index contributed by atoms with van der Waals surface area (Å²) in [5.41, 5.74) is 6.93. The summed E-state index contributed by atoms with van der Waals surface area (Å²) in [5, 5.41) is 3.14. The van der Waals surface area contributed by atoms with Crippen LogP contribution in [-0.4, -0.2) is 15.0 Å². The van der Waals surface area contributed by atoms with Gasteiger partial charge in [-0.2, -0.15) is 0 Å². The first kappa shape index (κ1) is 11.5. The summed E-state index contributed by atoms with van der Waals surface area (Å²) in [6.07, 6.45) is 3.32.